The van der Waals surface area contributed by atoms with Crippen LogP contribution in [0.3, 0.4) is 0 Å². The molecule has 0 aromatic carbocycles. The van der Waals surface area contributed by atoms with E-state index in [1.54, 1.807) is 0 Å². The lowest BCUT2D eigenvalue weighted by Crippen LogP contribution is -2.17. The standard InChI is InChI=1S/C12H16N4O2/c1-8(2)9(3)6-14-12-10(5-13)4-11(7-15-12)16(17)18/h4,7-9H,6H2,1-3H3,(H,14,15). The highest BCUT2D eigenvalue weighted by atomic mass is 16.6. The van der Waals surface area contributed by atoms with Gasteiger partial charge >= 0.3 is 0 Å². The van der Waals surface area contributed by atoms with E-state index in [9.17, 15) is 10.1 Å². The number of nitro groups is 1. The number of nitrogens with zero attached hydrogens (tertiary/aromatic N) is 3. The Labute approximate surface area is 106 Å². The number of nitrogens with one attached hydrogen (secondary N) is 1. The topological polar surface area (TPSA) is 91.8 Å². The summed E-state index contributed by atoms with van der Waals surface area (Å²) in [6.07, 6.45) is 1.16. The van der Waals surface area contributed by atoms with Gasteiger partial charge in [0.05, 0.1) is 4.92 Å². The van der Waals surface area contributed by atoms with Gasteiger partial charge in [-0.1, -0.05) is 20.8 Å². The van der Waals surface area contributed by atoms with Crippen LogP contribution in [0.25, 0.3) is 0 Å². The fourth-order valence-electron chi connectivity index (χ4n) is 1.27. The van der Waals surface area contributed by atoms with E-state index < -0.39 is 4.92 Å². The second kappa shape index (κ2) is 5.96. The summed E-state index contributed by atoms with van der Waals surface area (Å²) in [4.78, 5) is 13.9. The molecule has 0 amide bonds. The molecule has 1 aromatic heterocycles. The summed E-state index contributed by atoms with van der Waals surface area (Å²) >= 11 is 0. The van der Waals surface area contributed by atoms with Crippen molar-refractivity contribution in [3.05, 3.63) is 27.9 Å². The van der Waals surface area contributed by atoms with E-state index in [1.165, 1.54) is 6.07 Å². The Morgan fingerprint density at radius 3 is 2.72 bits per heavy atom. The number of pyridine rings is 1. The minimum Gasteiger partial charge on any atom is -0.369 e. The van der Waals surface area contributed by atoms with Gasteiger partial charge in [-0.2, -0.15) is 5.26 Å². The Kier molecular flexibility index (Phi) is 4.60. The molecule has 0 spiro atoms. The molecule has 1 atom stereocenters. The van der Waals surface area contributed by atoms with E-state index in [2.05, 4.69) is 31.1 Å². The Balaban J connectivity index is 2.84. The highest BCUT2D eigenvalue weighted by Gasteiger charge is 2.13. The second-order valence-corrected chi connectivity index (χ2v) is 4.56. The van der Waals surface area contributed by atoms with Crippen LogP contribution in [0.15, 0.2) is 12.3 Å². The van der Waals surface area contributed by atoms with E-state index in [-0.39, 0.29) is 11.3 Å². The summed E-state index contributed by atoms with van der Waals surface area (Å²) in [7, 11) is 0. The van der Waals surface area contributed by atoms with Crippen LogP contribution in [0.4, 0.5) is 11.5 Å². The normalized spacial score (nSPS) is 11.9. The van der Waals surface area contributed by atoms with Crippen molar-refractivity contribution >= 4 is 11.5 Å². The molecule has 0 aliphatic rings. The maximum atomic E-state index is 10.6. The zero-order valence-electron chi connectivity index (χ0n) is 10.7. The quantitative estimate of drug-likeness (QED) is 0.638. The molecule has 1 N–H and O–H groups in total. The lowest BCUT2D eigenvalue weighted by Gasteiger charge is -2.16. The van der Waals surface area contributed by atoms with Gasteiger partial charge in [-0.25, -0.2) is 4.98 Å². The SMILES string of the molecule is CC(C)C(C)CNc1ncc([N+](=O)[O-])cc1C#N. The minimum absolute atomic E-state index is 0.172. The van der Waals surface area contributed by atoms with Gasteiger partial charge in [0.25, 0.3) is 5.69 Å². The Bertz CT molecular complexity index is 479. The molecule has 0 fully saturated rings. The van der Waals surface area contributed by atoms with Crippen LogP contribution in [0, 0.1) is 33.3 Å². The van der Waals surface area contributed by atoms with Crippen LogP contribution in [-0.4, -0.2) is 16.5 Å². The van der Waals surface area contributed by atoms with Crippen molar-refractivity contribution < 1.29 is 4.92 Å². The third-order valence-electron chi connectivity index (χ3n) is 2.93. The fraction of sp³-hybridized carbons (Fsp3) is 0.500. The van der Waals surface area contributed by atoms with E-state index >= 15 is 0 Å². The molecule has 1 rings (SSSR count). The first-order valence-corrected chi connectivity index (χ1v) is 5.74. The van der Waals surface area contributed by atoms with Gasteiger partial charge in [-0.05, 0) is 11.8 Å². The fourth-order valence-corrected chi connectivity index (χ4v) is 1.27. The van der Waals surface area contributed by atoms with Crippen LogP contribution >= 0.6 is 0 Å². The lowest BCUT2D eigenvalue weighted by molar-refractivity contribution is -0.385. The van der Waals surface area contributed by atoms with Gasteiger partial charge < -0.3 is 5.32 Å². The van der Waals surface area contributed by atoms with Crippen molar-refractivity contribution in [2.75, 3.05) is 11.9 Å². The molecular weight excluding hydrogens is 232 g/mol. The van der Waals surface area contributed by atoms with E-state index in [0.717, 1.165) is 6.20 Å². The predicted octanol–water partition coefficient (Wildman–Crippen LogP) is 2.57. The summed E-state index contributed by atoms with van der Waals surface area (Å²) in [5.74, 6) is 1.34. The first-order chi connectivity index (χ1) is 8.45. The van der Waals surface area contributed by atoms with Crippen molar-refractivity contribution in [2.45, 2.75) is 20.8 Å². The Morgan fingerprint density at radius 2 is 2.22 bits per heavy atom. The zero-order chi connectivity index (χ0) is 13.7. The maximum absolute atomic E-state index is 10.6. The largest absolute Gasteiger partial charge is 0.369 e. The molecule has 0 saturated heterocycles. The van der Waals surface area contributed by atoms with Gasteiger partial charge in [0.1, 0.15) is 23.6 Å². The van der Waals surface area contributed by atoms with Crippen LogP contribution < -0.4 is 5.32 Å². The average Bonchev–Trinajstić information content (AvgIpc) is 2.35. The predicted molar refractivity (Wildman–Crippen MR) is 68.1 cm³/mol. The van der Waals surface area contributed by atoms with Crippen LogP contribution in [-0.2, 0) is 0 Å². The lowest BCUT2D eigenvalue weighted by atomic mass is 9.98. The molecule has 18 heavy (non-hydrogen) atoms. The summed E-state index contributed by atoms with van der Waals surface area (Å²) in [6.45, 7) is 6.99. The molecule has 1 heterocycles. The molecule has 6 heteroatoms. The van der Waals surface area contributed by atoms with Crippen molar-refractivity contribution in [2.24, 2.45) is 11.8 Å². The second-order valence-electron chi connectivity index (χ2n) is 4.56. The molecule has 0 radical (unpaired) electrons. The van der Waals surface area contributed by atoms with Gasteiger partial charge in [-0.3, -0.25) is 10.1 Å². The van der Waals surface area contributed by atoms with Gasteiger partial charge in [0, 0.05) is 12.6 Å². The molecule has 0 bridgehead atoms. The summed E-state index contributed by atoms with van der Waals surface area (Å²) in [6, 6.07) is 3.15. The van der Waals surface area contributed by atoms with E-state index in [4.69, 9.17) is 5.26 Å². The van der Waals surface area contributed by atoms with Crippen LogP contribution in [0.1, 0.15) is 26.3 Å². The van der Waals surface area contributed by atoms with Gasteiger partial charge in [-0.15, -0.1) is 0 Å². The van der Waals surface area contributed by atoms with Crippen molar-refractivity contribution in [3.63, 3.8) is 0 Å². The number of nitriles is 1. The third kappa shape index (κ3) is 3.42. The van der Waals surface area contributed by atoms with Crippen molar-refractivity contribution in [3.8, 4) is 6.07 Å². The van der Waals surface area contributed by atoms with E-state index in [0.29, 0.717) is 24.2 Å². The summed E-state index contributed by atoms with van der Waals surface area (Å²) < 4.78 is 0. The smallest absolute Gasteiger partial charge is 0.289 e. The molecular formula is C12H16N4O2. The third-order valence-corrected chi connectivity index (χ3v) is 2.93. The van der Waals surface area contributed by atoms with Crippen LogP contribution in [0.2, 0.25) is 0 Å². The highest BCUT2D eigenvalue weighted by molar-refractivity contribution is 5.55. The molecule has 0 saturated carbocycles. The Morgan fingerprint density at radius 1 is 1.56 bits per heavy atom. The average molecular weight is 248 g/mol. The first kappa shape index (κ1) is 13.9. The number of hydrogen-bond donors (Lipinski definition) is 1. The molecule has 0 aliphatic heterocycles. The number of aromatic nitrogens is 1. The molecule has 0 aliphatic carbocycles. The first-order valence-electron chi connectivity index (χ1n) is 5.74. The summed E-state index contributed by atoms with van der Waals surface area (Å²) in [5.41, 5.74) is 0.0224. The highest BCUT2D eigenvalue weighted by Crippen LogP contribution is 2.19. The number of rotatable bonds is 5. The van der Waals surface area contributed by atoms with Crippen molar-refractivity contribution in [1.29, 1.82) is 5.26 Å². The number of hydrogen-bond acceptors (Lipinski definition) is 5. The Hall–Kier alpha value is -2.16. The minimum atomic E-state index is -0.561. The zero-order valence-corrected chi connectivity index (χ0v) is 10.7. The maximum Gasteiger partial charge on any atom is 0.289 e. The number of anilines is 1. The van der Waals surface area contributed by atoms with E-state index in [1.807, 2.05) is 6.07 Å². The van der Waals surface area contributed by atoms with Crippen LogP contribution in [0.5, 0.6) is 0 Å². The summed E-state index contributed by atoms with van der Waals surface area (Å²) in [5, 5.41) is 22.6. The molecule has 1 aromatic rings. The van der Waals surface area contributed by atoms with Crippen molar-refractivity contribution in [1.82, 2.24) is 4.98 Å². The molecule has 1 unspecified atom stereocenters. The monoisotopic (exact) mass is 248 g/mol. The molecule has 6 nitrogen and oxygen atoms in total. The molecule has 96 valence electrons. The van der Waals surface area contributed by atoms with Gasteiger partial charge in [0.15, 0.2) is 0 Å². The van der Waals surface area contributed by atoms with Gasteiger partial charge in [0.2, 0.25) is 0 Å².